The molecule has 0 spiro atoms. The number of hydrogen-bond acceptors (Lipinski definition) is 4. The molecule has 0 aliphatic carbocycles. The van der Waals surface area contributed by atoms with Gasteiger partial charge in [0.1, 0.15) is 17.7 Å². The lowest BCUT2D eigenvalue weighted by Gasteiger charge is -2.28. The van der Waals surface area contributed by atoms with Gasteiger partial charge in [0.25, 0.3) is 0 Å². The number of carbonyl (C=O) groups is 3. The fourth-order valence-corrected chi connectivity index (χ4v) is 1.89. The highest BCUT2D eigenvalue weighted by Crippen LogP contribution is 2.12. The van der Waals surface area contributed by atoms with Crippen molar-refractivity contribution in [2.45, 2.75) is 72.6 Å². The lowest BCUT2D eigenvalue weighted by Crippen LogP contribution is -2.55. The molecule has 0 aliphatic heterocycles. The molecule has 0 aromatic carbocycles. The summed E-state index contributed by atoms with van der Waals surface area (Å²) in [7, 11) is 0. The molecule has 0 rings (SSSR count). The van der Waals surface area contributed by atoms with Crippen molar-refractivity contribution < 1.29 is 24.2 Å². The summed E-state index contributed by atoms with van der Waals surface area (Å²) in [4.78, 5) is 35.6. The zero-order valence-corrected chi connectivity index (χ0v) is 15.1. The molecule has 0 saturated heterocycles. The summed E-state index contributed by atoms with van der Waals surface area (Å²) in [5.74, 6) is -2.06. The summed E-state index contributed by atoms with van der Waals surface area (Å²) in [6.45, 7) is 12.3. The fraction of sp³-hybridized carbons (Fsp3) is 0.812. The predicted molar refractivity (Wildman–Crippen MR) is 87.0 cm³/mol. The van der Waals surface area contributed by atoms with Crippen molar-refractivity contribution in [2.24, 2.45) is 11.8 Å². The van der Waals surface area contributed by atoms with Crippen molar-refractivity contribution in [2.75, 3.05) is 0 Å². The molecule has 1 unspecified atom stereocenters. The first kappa shape index (κ1) is 21.2. The van der Waals surface area contributed by atoms with Crippen LogP contribution in [0.1, 0.15) is 54.9 Å². The number of nitrogens with one attached hydrogen (secondary N) is 2. The Hall–Kier alpha value is -1.79. The number of carboxylic acids is 1. The second-order valence-corrected chi connectivity index (χ2v) is 7.08. The highest BCUT2D eigenvalue weighted by molar-refractivity contribution is 5.89. The van der Waals surface area contributed by atoms with Crippen LogP contribution < -0.4 is 10.6 Å². The van der Waals surface area contributed by atoms with Gasteiger partial charge in [-0.3, -0.25) is 4.79 Å². The maximum absolute atomic E-state index is 12.4. The third-order valence-corrected chi connectivity index (χ3v) is 3.40. The van der Waals surface area contributed by atoms with E-state index >= 15 is 0 Å². The van der Waals surface area contributed by atoms with E-state index in [1.54, 1.807) is 34.6 Å². The maximum Gasteiger partial charge on any atom is 0.408 e. The van der Waals surface area contributed by atoms with Crippen molar-refractivity contribution in [3.05, 3.63) is 0 Å². The van der Waals surface area contributed by atoms with Crippen LogP contribution in [0.25, 0.3) is 0 Å². The summed E-state index contributed by atoms with van der Waals surface area (Å²) in [5, 5.41) is 14.2. The number of amides is 2. The van der Waals surface area contributed by atoms with Gasteiger partial charge in [0.2, 0.25) is 5.91 Å². The van der Waals surface area contributed by atoms with Gasteiger partial charge in [-0.2, -0.15) is 0 Å². The zero-order valence-electron chi connectivity index (χ0n) is 15.1. The Morgan fingerprint density at radius 1 is 1.04 bits per heavy atom. The van der Waals surface area contributed by atoms with Crippen molar-refractivity contribution in [1.82, 2.24) is 10.6 Å². The monoisotopic (exact) mass is 330 g/mol. The quantitative estimate of drug-likeness (QED) is 0.663. The standard InChI is InChI=1S/C16H30N2O5/c1-8-10(4)12(18-15(22)23-16(5,6)7)13(19)17-11(9(2)3)14(20)21/h9-12H,8H2,1-7H3,(H,17,19)(H,18,22)(H,20,21)/t10?,11-,12-/m0/s1. The lowest BCUT2D eigenvalue weighted by atomic mass is 9.97. The summed E-state index contributed by atoms with van der Waals surface area (Å²) in [5.41, 5.74) is -0.678. The molecular weight excluding hydrogens is 300 g/mol. The predicted octanol–water partition coefficient (Wildman–Crippen LogP) is 2.15. The summed E-state index contributed by atoms with van der Waals surface area (Å²) in [6.07, 6.45) is -0.0535. The molecule has 7 heteroatoms. The highest BCUT2D eigenvalue weighted by Gasteiger charge is 2.32. The minimum absolute atomic E-state index is 0.163. The number of rotatable bonds is 7. The maximum atomic E-state index is 12.4. The molecule has 0 saturated carbocycles. The smallest absolute Gasteiger partial charge is 0.408 e. The average molecular weight is 330 g/mol. The van der Waals surface area contributed by atoms with Gasteiger partial charge in [0, 0.05) is 0 Å². The summed E-state index contributed by atoms with van der Waals surface area (Å²) >= 11 is 0. The average Bonchev–Trinajstić information content (AvgIpc) is 2.38. The van der Waals surface area contributed by atoms with Crippen LogP contribution in [0.3, 0.4) is 0 Å². The van der Waals surface area contributed by atoms with Crippen molar-refractivity contribution in [3.63, 3.8) is 0 Å². The van der Waals surface area contributed by atoms with E-state index in [1.165, 1.54) is 0 Å². The Morgan fingerprint density at radius 3 is 1.91 bits per heavy atom. The number of hydrogen-bond donors (Lipinski definition) is 3. The number of carboxylic acid groups (broad SMARTS) is 1. The first-order valence-corrected chi connectivity index (χ1v) is 7.91. The number of aliphatic carboxylic acids is 1. The number of carbonyl (C=O) groups excluding carboxylic acids is 2. The molecule has 0 fully saturated rings. The molecule has 0 radical (unpaired) electrons. The minimum atomic E-state index is -1.10. The van der Waals surface area contributed by atoms with E-state index in [1.807, 2.05) is 13.8 Å². The number of alkyl carbamates (subject to hydrolysis) is 1. The third kappa shape index (κ3) is 7.85. The van der Waals surface area contributed by atoms with Gasteiger partial charge in [-0.15, -0.1) is 0 Å². The van der Waals surface area contributed by atoms with Crippen molar-refractivity contribution in [3.8, 4) is 0 Å². The fourth-order valence-electron chi connectivity index (χ4n) is 1.89. The van der Waals surface area contributed by atoms with Crippen LogP contribution in [0.2, 0.25) is 0 Å². The topological polar surface area (TPSA) is 105 Å². The first-order chi connectivity index (χ1) is 10.4. The Balaban J connectivity index is 5.06. The molecule has 23 heavy (non-hydrogen) atoms. The van der Waals surface area contributed by atoms with Crippen LogP contribution in [-0.4, -0.2) is 40.8 Å². The van der Waals surface area contributed by atoms with E-state index in [9.17, 15) is 19.5 Å². The Kier molecular flexibility index (Phi) is 8.06. The van der Waals surface area contributed by atoms with E-state index in [0.717, 1.165) is 0 Å². The van der Waals surface area contributed by atoms with E-state index in [0.29, 0.717) is 6.42 Å². The Morgan fingerprint density at radius 2 is 1.57 bits per heavy atom. The van der Waals surface area contributed by atoms with Gasteiger partial charge in [-0.25, -0.2) is 9.59 Å². The van der Waals surface area contributed by atoms with Gasteiger partial charge < -0.3 is 20.5 Å². The molecule has 0 bridgehead atoms. The Bertz CT molecular complexity index is 429. The van der Waals surface area contributed by atoms with Gasteiger partial charge in [-0.05, 0) is 32.6 Å². The van der Waals surface area contributed by atoms with Gasteiger partial charge in [0.15, 0.2) is 0 Å². The van der Waals surface area contributed by atoms with E-state index in [4.69, 9.17) is 4.74 Å². The van der Waals surface area contributed by atoms with Crippen LogP contribution in [0.15, 0.2) is 0 Å². The molecule has 0 aromatic rings. The molecular formula is C16H30N2O5. The van der Waals surface area contributed by atoms with Gasteiger partial charge in [0.05, 0.1) is 0 Å². The molecule has 2 amide bonds. The van der Waals surface area contributed by atoms with E-state index in [2.05, 4.69) is 10.6 Å². The van der Waals surface area contributed by atoms with Crippen LogP contribution in [-0.2, 0) is 14.3 Å². The third-order valence-electron chi connectivity index (χ3n) is 3.40. The van der Waals surface area contributed by atoms with E-state index in [-0.39, 0.29) is 11.8 Å². The lowest BCUT2D eigenvalue weighted by molar-refractivity contribution is -0.143. The zero-order chi connectivity index (χ0) is 18.4. The molecule has 3 atom stereocenters. The Labute approximate surface area is 138 Å². The van der Waals surface area contributed by atoms with Crippen LogP contribution in [0.5, 0.6) is 0 Å². The van der Waals surface area contributed by atoms with Gasteiger partial charge >= 0.3 is 12.1 Å². The second kappa shape index (κ2) is 8.74. The van der Waals surface area contributed by atoms with Crippen molar-refractivity contribution >= 4 is 18.0 Å². The second-order valence-electron chi connectivity index (χ2n) is 7.08. The molecule has 0 aromatic heterocycles. The minimum Gasteiger partial charge on any atom is -0.480 e. The largest absolute Gasteiger partial charge is 0.480 e. The van der Waals surface area contributed by atoms with Crippen LogP contribution in [0.4, 0.5) is 4.79 Å². The molecule has 0 heterocycles. The van der Waals surface area contributed by atoms with Crippen LogP contribution in [0, 0.1) is 11.8 Å². The molecule has 0 aliphatic rings. The number of ether oxygens (including phenoxy) is 1. The van der Waals surface area contributed by atoms with Crippen LogP contribution >= 0.6 is 0 Å². The molecule has 3 N–H and O–H groups in total. The van der Waals surface area contributed by atoms with E-state index < -0.39 is 35.7 Å². The SMILES string of the molecule is CCC(C)[C@H](NC(=O)OC(C)(C)C)C(=O)N[C@H](C(=O)O)C(C)C. The molecule has 134 valence electrons. The van der Waals surface area contributed by atoms with Gasteiger partial charge in [-0.1, -0.05) is 34.1 Å². The normalized spacial score (nSPS) is 15.5. The summed E-state index contributed by atoms with van der Waals surface area (Å²) < 4.78 is 5.17. The molecule has 7 nitrogen and oxygen atoms in total. The summed E-state index contributed by atoms with van der Waals surface area (Å²) in [6, 6.07) is -1.86. The first-order valence-electron chi connectivity index (χ1n) is 7.91. The van der Waals surface area contributed by atoms with Crippen molar-refractivity contribution in [1.29, 1.82) is 0 Å². The highest BCUT2D eigenvalue weighted by atomic mass is 16.6.